The summed E-state index contributed by atoms with van der Waals surface area (Å²) in [6, 6.07) is 0.151. The number of hydrogen-bond donors (Lipinski definition) is 1. The number of amides is 2. The van der Waals surface area contributed by atoms with E-state index in [0.29, 0.717) is 11.7 Å². The number of thiazole rings is 1. The predicted molar refractivity (Wildman–Crippen MR) is 65.8 cm³/mol. The molecule has 1 saturated heterocycles. The maximum Gasteiger partial charge on any atom is 0.315 e. The van der Waals surface area contributed by atoms with Crippen LogP contribution >= 0.6 is 11.3 Å². The summed E-state index contributed by atoms with van der Waals surface area (Å²) in [5.74, 6) is -1.04. The highest BCUT2D eigenvalue weighted by Crippen LogP contribution is 2.17. The van der Waals surface area contributed by atoms with Gasteiger partial charge in [-0.2, -0.15) is 0 Å². The molecule has 0 spiro atoms. The zero-order valence-electron chi connectivity index (χ0n) is 9.68. The highest BCUT2D eigenvalue weighted by Gasteiger charge is 2.28. The lowest BCUT2D eigenvalue weighted by Crippen LogP contribution is -2.47. The summed E-state index contributed by atoms with van der Waals surface area (Å²) in [5, 5.41) is 4.74. The van der Waals surface area contributed by atoms with Crippen LogP contribution in [0.1, 0.15) is 26.2 Å². The summed E-state index contributed by atoms with van der Waals surface area (Å²) < 4.78 is 0. The molecule has 0 aliphatic carbocycles. The minimum absolute atomic E-state index is 0.151. The standard InChI is InChI=1S/C11H15N3O2S/c1-8-4-2-3-6-14(8)10(16)9(15)13-11-12-5-7-17-11/h5,7-8H,2-4,6H2,1H3,(H,12,13,15). The predicted octanol–water partition coefficient (Wildman–Crippen LogP) is 1.48. The van der Waals surface area contributed by atoms with Crippen molar-refractivity contribution in [2.45, 2.75) is 32.2 Å². The van der Waals surface area contributed by atoms with Crippen molar-refractivity contribution in [3.05, 3.63) is 11.6 Å². The van der Waals surface area contributed by atoms with Crippen LogP contribution in [-0.2, 0) is 9.59 Å². The smallest absolute Gasteiger partial charge is 0.315 e. The molecule has 1 aromatic heterocycles. The Morgan fingerprint density at radius 1 is 1.53 bits per heavy atom. The molecule has 1 aliphatic rings. The Balaban J connectivity index is 1.96. The average molecular weight is 253 g/mol. The van der Waals surface area contributed by atoms with Gasteiger partial charge in [-0.25, -0.2) is 4.98 Å². The Labute approximate surface area is 104 Å². The van der Waals surface area contributed by atoms with Gasteiger partial charge in [-0.15, -0.1) is 11.3 Å². The highest BCUT2D eigenvalue weighted by atomic mass is 32.1. The van der Waals surface area contributed by atoms with E-state index in [4.69, 9.17) is 0 Å². The molecule has 92 valence electrons. The average Bonchev–Trinajstić information content (AvgIpc) is 2.81. The molecular weight excluding hydrogens is 238 g/mol. The van der Waals surface area contributed by atoms with Crippen LogP contribution in [0.2, 0.25) is 0 Å². The molecule has 0 radical (unpaired) electrons. The summed E-state index contributed by atoms with van der Waals surface area (Å²) >= 11 is 1.30. The van der Waals surface area contributed by atoms with E-state index in [1.54, 1.807) is 16.5 Å². The molecule has 5 nitrogen and oxygen atoms in total. The van der Waals surface area contributed by atoms with Gasteiger partial charge in [-0.05, 0) is 26.2 Å². The number of hydrogen-bond acceptors (Lipinski definition) is 4. The third-order valence-electron chi connectivity index (χ3n) is 2.91. The Morgan fingerprint density at radius 3 is 3.00 bits per heavy atom. The largest absolute Gasteiger partial charge is 0.332 e. The van der Waals surface area contributed by atoms with Crippen molar-refractivity contribution in [1.29, 1.82) is 0 Å². The molecule has 2 rings (SSSR count). The Bertz CT molecular complexity index is 405. The Hall–Kier alpha value is -1.43. The molecule has 2 heterocycles. The lowest BCUT2D eigenvalue weighted by atomic mass is 10.0. The van der Waals surface area contributed by atoms with Crippen LogP contribution in [0.5, 0.6) is 0 Å². The molecule has 1 unspecified atom stereocenters. The van der Waals surface area contributed by atoms with Crippen molar-refractivity contribution in [2.24, 2.45) is 0 Å². The minimum Gasteiger partial charge on any atom is -0.332 e. The van der Waals surface area contributed by atoms with Crippen LogP contribution in [0, 0.1) is 0 Å². The van der Waals surface area contributed by atoms with Crippen molar-refractivity contribution in [3.63, 3.8) is 0 Å². The molecule has 0 saturated carbocycles. The SMILES string of the molecule is CC1CCCCN1C(=O)C(=O)Nc1nccs1. The first-order valence-corrected chi connectivity index (χ1v) is 6.58. The quantitative estimate of drug-likeness (QED) is 0.771. The molecule has 1 fully saturated rings. The van der Waals surface area contributed by atoms with Gasteiger partial charge in [-0.3, -0.25) is 14.9 Å². The molecule has 17 heavy (non-hydrogen) atoms. The van der Waals surface area contributed by atoms with Crippen molar-refractivity contribution in [1.82, 2.24) is 9.88 Å². The summed E-state index contributed by atoms with van der Waals surface area (Å²) in [5.41, 5.74) is 0. The van der Waals surface area contributed by atoms with Gasteiger partial charge in [0.05, 0.1) is 0 Å². The summed E-state index contributed by atoms with van der Waals surface area (Å²) in [6.45, 7) is 2.65. The number of aromatic nitrogens is 1. The maximum absolute atomic E-state index is 11.9. The second-order valence-corrected chi connectivity index (χ2v) is 5.03. The fourth-order valence-corrected chi connectivity index (χ4v) is 2.49. The summed E-state index contributed by atoms with van der Waals surface area (Å²) in [6.07, 6.45) is 4.66. The Morgan fingerprint density at radius 2 is 2.35 bits per heavy atom. The topological polar surface area (TPSA) is 62.3 Å². The van der Waals surface area contributed by atoms with Crippen molar-refractivity contribution >= 4 is 28.3 Å². The van der Waals surface area contributed by atoms with Gasteiger partial charge in [0.2, 0.25) is 0 Å². The van der Waals surface area contributed by atoms with Crippen LogP contribution in [0.15, 0.2) is 11.6 Å². The van der Waals surface area contributed by atoms with Crippen molar-refractivity contribution in [3.8, 4) is 0 Å². The molecule has 1 atom stereocenters. The number of likely N-dealkylation sites (tertiary alicyclic amines) is 1. The van der Waals surface area contributed by atoms with Crippen LogP contribution in [0.4, 0.5) is 5.13 Å². The fourth-order valence-electron chi connectivity index (χ4n) is 1.97. The number of piperidine rings is 1. The molecule has 0 aromatic carbocycles. The number of nitrogens with one attached hydrogen (secondary N) is 1. The maximum atomic E-state index is 11.9. The van der Waals surface area contributed by atoms with Crippen LogP contribution in [-0.4, -0.2) is 34.3 Å². The number of rotatable bonds is 1. The first kappa shape index (κ1) is 12.0. The van der Waals surface area contributed by atoms with Crippen LogP contribution in [0.3, 0.4) is 0 Å². The molecule has 6 heteroatoms. The second kappa shape index (κ2) is 5.27. The molecule has 1 aliphatic heterocycles. The second-order valence-electron chi connectivity index (χ2n) is 4.13. The van der Waals surface area contributed by atoms with Crippen LogP contribution < -0.4 is 5.32 Å². The lowest BCUT2D eigenvalue weighted by Gasteiger charge is -2.32. The monoisotopic (exact) mass is 253 g/mol. The van der Waals surface area contributed by atoms with Gasteiger partial charge in [0, 0.05) is 24.2 Å². The van der Waals surface area contributed by atoms with Gasteiger partial charge < -0.3 is 4.90 Å². The van der Waals surface area contributed by atoms with E-state index in [9.17, 15) is 9.59 Å². The highest BCUT2D eigenvalue weighted by molar-refractivity contribution is 7.13. The lowest BCUT2D eigenvalue weighted by molar-refractivity contribution is -0.145. The molecule has 2 amide bonds. The van der Waals surface area contributed by atoms with Crippen molar-refractivity contribution < 1.29 is 9.59 Å². The van der Waals surface area contributed by atoms with E-state index < -0.39 is 11.8 Å². The zero-order chi connectivity index (χ0) is 12.3. The number of anilines is 1. The van der Waals surface area contributed by atoms with Crippen molar-refractivity contribution in [2.75, 3.05) is 11.9 Å². The van der Waals surface area contributed by atoms with E-state index in [0.717, 1.165) is 19.3 Å². The van der Waals surface area contributed by atoms with Gasteiger partial charge in [0.1, 0.15) is 0 Å². The normalized spacial score (nSPS) is 20.1. The number of nitrogens with zero attached hydrogens (tertiary/aromatic N) is 2. The van der Waals surface area contributed by atoms with E-state index in [1.165, 1.54) is 11.3 Å². The molecule has 0 bridgehead atoms. The zero-order valence-corrected chi connectivity index (χ0v) is 10.5. The van der Waals surface area contributed by atoms with E-state index in [2.05, 4.69) is 10.3 Å². The van der Waals surface area contributed by atoms with Gasteiger partial charge in [-0.1, -0.05) is 0 Å². The first-order chi connectivity index (χ1) is 8.18. The number of carbonyl (C=O) groups is 2. The van der Waals surface area contributed by atoms with Gasteiger partial charge in [0.15, 0.2) is 5.13 Å². The summed E-state index contributed by atoms with van der Waals surface area (Å²) in [7, 11) is 0. The van der Waals surface area contributed by atoms with Gasteiger partial charge in [0.25, 0.3) is 0 Å². The number of carbonyl (C=O) groups excluding carboxylic acids is 2. The van der Waals surface area contributed by atoms with E-state index in [-0.39, 0.29) is 6.04 Å². The van der Waals surface area contributed by atoms with E-state index in [1.807, 2.05) is 6.92 Å². The third kappa shape index (κ3) is 2.82. The van der Waals surface area contributed by atoms with Gasteiger partial charge >= 0.3 is 11.8 Å². The Kier molecular flexibility index (Phi) is 3.73. The van der Waals surface area contributed by atoms with Crippen LogP contribution in [0.25, 0.3) is 0 Å². The summed E-state index contributed by atoms with van der Waals surface area (Å²) in [4.78, 5) is 29.2. The van der Waals surface area contributed by atoms with E-state index >= 15 is 0 Å². The molecule has 1 N–H and O–H groups in total. The minimum atomic E-state index is -0.589. The molecular formula is C11H15N3O2S. The first-order valence-electron chi connectivity index (χ1n) is 5.70. The molecule has 1 aromatic rings. The third-order valence-corrected chi connectivity index (χ3v) is 3.60. The fraction of sp³-hybridized carbons (Fsp3) is 0.545.